The van der Waals surface area contributed by atoms with Crippen molar-refractivity contribution in [2.45, 2.75) is 49.7 Å². The molecule has 2 fully saturated rings. The molecule has 9 nitrogen and oxygen atoms in total. The molecule has 5 atom stereocenters. The number of carbonyl (C=O) groups excluding carboxylic acids is 1. The van der Waals surface area contributed by atoms with Crippen molar-refractivity contribution in [3.8, 4) is 0 Å². The van der Waals surface area contributed by atoms with Crippen LogP contribution in [0.5, 0.6) is 0 Å². The predicted molar refractivity (Wildman–Crippen MR) is 115 cm³/mol. The lowest BCUT2D eigenvalue weighted by Crippen LogP contribution is -2.35. The molecule has 0 bridgehead atoms. The van der Waals surface area contributed by atoms with Crippen LogP contribution in [0.2, 0.25) is 5.02 Å². The van der Waals surface area contributed by atoms with Crippen LogP contribution in [0, 0.1) is 5.82 Å². The third-order valence-corrected chi connectivity index (χ3v) is 6.46. The second kappa shape index (κ2) is 8.47. The van der Waals surface area contributed by atoms with Crippen LogP contribution < -0.4 is 5.32 Å². The summed E-state index contributed by atoms with van der Waals surface area (Å²) in [6.07, 6.45) is -0.929. The highest BCUT2D eigenvalue weighted by atomic mass is 35.5. The van der Waals surface area contributed by atoms with E-state index in [0.717, 1.165) is 6.07 Å². The Balaban J connectivity index is 1.50. The maximum Gasteiger partial charge on any atom is 0.275 e. The number of carbonyl (C=O) groups is 1. The molecule has 0 unspecified atom stereocenters. The van der Waals surface area contributed by atoms with Crippen LogP contribution in [0.25, 0.3) is 11.0 Å². The maximum atomic E-state index is 14.4. The topological polar surface area (TPSA) is 127 Å². The lowest BCUT2D eigenvalue weighted by atomic mass is 10.0. The van der Waals surface area contributed by atoms with E-state index in [1.807, 2.05) is 0 Å². The summed E-state index contributed by atoms with van der Waals surface area (Å²) in [4.78, 5) is 23.1. The minimum atomic E-state index is -1.30. The van der Waals surface area contributed by atoms with Crippen molar-refractivity contribution >= 4 is 34.4 Å². The Morgan fingerprint density at radius 1 is 1.24 bits per heavy atom. The van der Waals surface area contributed by atoms with Crippen LogP contribution >= 0.6 is 11.6 Å². The third-order valence-electron chi connectivity index (χ3n) is 6.24. The van der Waals surface area contributed by atoms with Crippen LogP contribution in [0.15, 0.2) is 24.5 Å². The van der Waals surface area contributed by atoms with E-state index in [1.165, 1.54) is 23.4 Å². The summed E-state index contributed by atoms with van der Waals surface area (Å²) >= 11 is 5.98. The van der Waals surface area contributed by atoms with Gasteiger partial charge in [0.05, 0.1) is 36.2 Å². The van der Waals surface area contributed by atoms with Crippen molar-refractivity contribution in [3.05, 3.63) is 46.6 Å². The largest absolute Gasteiger partial charge is 0.390 e. The second-order valence-electron chi connectivity index (χ2n) is 8.41. The molecule has 1 aliphatic carbocycles. The predicted octanol–water partition coefficient (Wildman–Crippen LogP) is 2.37. The number of hydrogen-bond acceptors (Lipinski definition) is 7. The molecule has 1 aromatic carbocycles. The number of hydrogen-bond donors (Lipinski definition) is 4. The summed E-state index contributed by atoms with van der Waals surface area (Å²) in [5, 5.41) is 30.3. The number of nitrogens with one attached hydrogen (secondary N) is 2. The molecule has 0 radical (unpaired) electrons. The summed E-state index contributed by atoms with van der Waals surface area (Å²) < 4.78 is 28.4. The maximum absolute atomic E-state index is 14.4. The number of nitrogens with zero attached hydrogens (tertiary/aromatic N) is 4. The molecule has 1 amide bonds. The van der Waals surface area contributed by atoms with Crippen LogP contribution in [-0.4, -0.2) is 72.2 Å². The summed E-state index contributed by atoms with van der Waals surface area (Å²) in [6, 6.07) is 2.70. The van der Waals surface area contributed by atoms with Crippen LogP contribution in [0.3, 0.4) is 0 Å². The molecular weight excluding hydrogens is 458 g/mol. The number of rotatable bonds is 4. The highest BCUT2D eigenvalue weighted by molar-refractivity contribution is 6.30. The van der Waals surface area contributed by atoms with Gasteiger partial charge < -0.3 is 20.4 Å². The summed E-state index contributed by atoms with van der Waals surface area (Å²) in [5.74, 6) is -0.886. The van der Waals surface area contributed by atoms with Gasteiger partial charge in [0.25, 0.3) is 5.91 Å². The molecule has 4 N–H and O–H groups in total. The van der Waals surface area contributed by atoms with Gasteiger partial charge in [0.2, 0.25) is 0 Å². The Morgan fingerprint density at radius 2 is 2.06 bits per heavy atom. The first kappa shape index (κ1) is 21.9. The number of fused-ring (bicyclic) bond motifs is 1. The first-order valence-electron chi connectivity index (χ1n) is 10.5. The number of alkyl halides is 1. The number of amides is 1. The zero-order chi connectivity index (χ0) is 23.3. The van der Waals surface area contributed by atoms with Crippen molar-refractivity contribution in [2.75, 3.05) is 11.9 Å². The number of H-pyrrole nitrogens is 1. The molecule has 1 saturated carbocycles. The molecule has 12 heteroatoms. The smallest absolute Gasteiger partial charge is 0.275 e. The average molecular weight is 479 g/mol. The van der Waals surface area contributed by atoms with Crippen LogP contribution in [0.4, 0.5) is 14.6 Å². The Morgan fingerprint density at radius 3 is 2.79 bits per heavy atom. The van der Waals surface area contributed by atoms with Gasteiger partial charge in [-0.25, -0.2) is 18.7 Å². The minimum absolute atomic E-state index is 0.00163. The van der Waals surface area contributed by atoms with E-state index >= 15 is 0 Å². The Bertz CT molecular complexity index is 1190. The normalized spacial score (nSPS) is 27.4. The Hall–Kier alpha value is -2.89. The van der Waals surface area contributed by atoms with Gasteiger partial charge >= 0.3 is 0 Å². The molecule has 33 heavy (non-hydrogen) atoms. The fourth-order valence-corrected chi connectivity index (χ4v) is 4.88. The van der Waals surface area contributed by atoms with Gasteiger partial charge in [-0.15, -0.1) is 0 Å². The van der Waals surface area contributed by atoms with Gasteiger partial charge in [-0.2, -0.15) is 5.10 Å². The monoisotopic (exact) mass is 478 g/mol. The number of likely N-dealkylation sites (tertiary alicyclic amines) is 1. The van der Waals surface area contributed by atoms with Gasteiger partial charge in [0.1, 0.15) is 24.1 Å². The van der Waals surface area contributed by atoms with Gasteiger partial charge in [-0.1, -0.05) is 11.6 Å². The number of aliphatic hydroxyl groups is 2. The lowest BCUT2D eigenvalue weighted by Gasteiger charge is -2.24. The number of halogens is 3. The fraction of sp³-hybridized carbons (Fsp3) is 0.429. The van der Waals surface area contributed by atoms with Gasteiger partial charge in [0, 0.05) is 11.4 Å². The fourth-order valence-electron chi connectivity index (χ4n) is 4.65. The highest BCUT2D eigenvalue weighted by Gasteiger charge is 2.39. The second-order valence-corrected chi connectivity index (χ2v) is 8.85. The zero-order valence-electron chi connectivity index (χ0n) is 17.3. The molecule has 1 saturated heterocycles. The molecule has 0 spiro atoms. The SMILES string of the molecule is O=C(c1n[nH]c2ncnc(N[C@@H]3CC[C@@H](O)[C@H]3O)c12)N1C[C@@H](F)C[C@@H]1c1cc(F)cc(Cl)c1. The average Bonchev–Trinajstić information content (AvgIpc) is 3.46. The molecule has 2 aliphatic rings. The first-order chi connectivity index (χ1) is 15.8. The number of aromatic amines is 1. The molecule has 174 valence electrons. The number of aromatic nitrogens is 4. The van der Waals surface area contributed by atoms with E-state index < -0.39 is 42.2 Å². The van der Waals surface area contributed by atoms with Crippen molar-refractivity contribution < 1.29 is 23.8 Å². The number of aliphatic hydroxyl groups excluding tert-OH is 2. The first-order valence-corrected chi connectivity index (χ1v) is 10.9. The van der Waals surface area contributed by atoms with Crippen molar-refractivity contribution in [1.29, 1.82) is 0 Å². The van der Waals surface area contributed by atoms with E-state index in [4.69, 9.17) is 11.6 Å². The zero-order valence-corrected chi connectivity index (χ0v) is 18.0. The van der Waals surface area contributed by atoms with Crippen molar-refractivity contribution in [2.24, 2.45) is 0 Å². The van der Waals surface area contributed by atoms with Gasteiger partial charge in [-0.3, -0.25) is 9.89 Å². The highest BCUT2D eigenvalue weighted by Crippen LogP contribution is 2.37. The summed E-state index contributed by atoms with van der Waals surface area (Å²) in [7, 11) is 0. The minimum Gasteiger partial charge on any atom is -0.390 e. The van der Waals surface area contributed by atoms with E-state index in [0.29, 0.717) is 18.4 Å². The van der Waals surface area contributed by atoms with Crippen LogP contribution in [0.1, 0.15) is 41.4 Å². The summed E-state index contributed by atoms with van der Waals surface area (Å²) in [5.41, 5.74) is 0.652. The van der Waals surface area contributed by atoms with E-state index in [2.05, 4.69) is 25.5 Å². The third kappa shape index (κ3) is 4.00. The van der Waals surface area contributed by atoms with Gasteiger partial charge in [0.15, 0.2) is 11.3 Å². The van der Waals surface area contributed by atoms with Crippen molar-refractivity contribution in [3.63, 3.8) is 0 Å². The standard InChI is InChI=1S/C21H21ClF2N6O3/c22-10-3-9(4-11(23)5-10)14-6-12(24)7-30(14)21(33)17-16-19(25-8-26-20(16)29-28-17)27-13-1-2-15(31)18(13)32/h3-5,8,12-15,18,31-32H,1-2,6-7H2,(H2,25,26,27,28,29)/t12-,13+,14+,15+,18-/m0/s1. The van der Waals surface area contributed by atoms with Crippen molar-refractivity contribution in [1.82, 2.24) is 25.1 Å². The Labute approximate surface area is 191 Å². The number of benzene rings is 1. The van der Waals surface area contributed by atoms with E-state index in [9.17, 15) is 23.8 Å². The molecule has 3 aromatic rings. The molecular formula is C21H21ClF2N6O3. The van der Waals surface area contributed by atoms with Crippen LogP contribution in [-0.2, 0) is 0 Å². The van der Waals surface area contributed by atoms with E-state index in [-0.39, 0.29) is 40.5 Å². The Kier molecular flexibility index (Phi) is 5.63. The summed E-state index contributed by atoms with van der Waals surface area (Å²) in [6.45, 7) is -0.185. The van der Waals surface area contributed by atoms with E-state index in [1.54, 1.807) is 0 Å². The molecule has 2 aromatic heterocycles. The molecule has 5 rings (SSSR count). The quantitative estimate of drug-likeness (QED) is 0.453. The number of anilines is 1. The molecule has 1 aliphatic heterocycles. The molecule has 3 heterocycles. The van der Waals surface area contributed by atoms with Gasteiger partial charge in [-0.05, 0) is 36.6 Å². The lowest BCUT2D eigenvalue weighted by molar-refractivity contribution is 0.0392.